The predicted octanol–water partition coefficient (Wildman–Crippen LogP) is 4.81. The van der Waals surface area contributed by atoms with Crippen LogP contribution >= 0.6 is 23.2 Å². The molecule has 0 aliphatic rings. The lowest BCUT2D eigenvalue weighted by Crippen LogP contribution is -2.12. The molecule has 1 amide bonds. The molecule has 0 saturated heterocycles. The summed E-state index contributed by atoms with van der Waals surface area (Å²) in [7, 11) is 0. The van der Waals surface area contributed by atoms with Crippen LogP contribution in [0.1, 0.15) is 21.7 Å². The predicted molar refractivity (Wildman–Crippen MR) is 93.4 cm³/mol. The van der Waals surface area contributed by atoms with Gasteiger partial charge >= 0.3 is 0 Å². The number of carbonyl (C=O) groups is 1. The summed E-state index contributed by atoms with van der Waals surface area (Å²) in [6.45, 7) is 3.80. The Labute approximate surface area is 143 Å². The van der Waals surface area contributed by atoms with Crippen LogP contribution in [0.15, 0.2) is 36.4 Å². The number of aromatic nitrogens is 2. The highest BCUT2D eigenvalue weighted by molar-refractivity contribution is 6.36. The van der Waals surface area contributed by atoms with E-state index in [1.54, 1.807) is 36.4 Å². The number of hydrogen-bond donors (Lipinski definition) is 1. The van der Waals surface area contributed by atoms with Gasteiger partial charge in [-0.3, -0.25) is 4.79 Å². The van der Waals surface area contributed by atoms with E-state index in [0.717, 1.165) is 16.9 Å². The van der Waals surface area contributed by atoms with Crippen LogP contribution in [0.2, 0.25) is 10.0 Å². The molecular formula is C17H13Cl2N3O. The van der Waals surface area contributed by atoms with E-state index in [1.807, 2.05) is 13.8 Å². The molecule has 3 rings (SSSR count). The SMILES string of the molecule is Cc1nc2ccc(C(=O)Nc3ccc(Cl)cc3Cl)cc2nc1C. The third kappa shape index (κ3) is 3.28. The van der Waals surface area contributed by atoms with E-state index >= 15 is 0 Å². The van der Waals surface area contributed by atoms with E-state index in [0.29, 0.717) is 26.8 Å². The fourth-order valence-electron chi connectivity index (χ4n) is 2.16. The van der Waals surface area contributed by atoms with E-state index in [2.05, 4.69) is 15.3 Å². The van der Waals surface area contributed by atoms with Crippen molar-refractivity contribution in [1.82, 2.24) is 9.97 Å². The number of hydrogen-bond acceptors (Lipinski definition) is 3. The zero-order valence-corrected chi connectivity index (χ0v) is 14.0. The first kappa shape index (κ1) is 15.7. The number of nitrogens with one attached hydrogen (secondary N) is 1. The lowest BCUT2D eigenvalue weighted by molar-refractivity contribution is 0.102. The highest BCUT2D eigenvalue weighted by Crippen LogP contribution is 2.26. The fourth-order valence-corrected chi connectivity index (χ4v) is 2.61. The molecule has 6 heteroatoms. The normalized spacial score (nSPS) is 10.8. The molecule has 0 unspecified atom stereocenters. The Morgan fingerprint density at radius 2 is 1.65 bits per heavy atom. The molecule has 0 spiro atoms. The third-order valence-corrected chi connectivity index (χ3v) is 4.06. The monoisotopic (exact) mass is 345 g/mol. The summed E-state index contributed by atoms with van der Waals surface area (Å²) < 4.78 is 0. The summed E-state index contributed by atoms with van der Waals surface area (Å²) in [5.74, 6) is -0.267. The fraction of sp³-hybridized carbons (Fsp3) is 0.118. The summed E-state index contributed by atoms with van der Waals surface area (Å²) in [6, 6.07) is 10.1. The van der Waals surface area contributed by atoms with Gasteiger partial charge in [0.05, 0.1) is 33.1 Å². The number of nitrogens with zero attached hydrogens (tertiary/aromatic N) is 2. The van der Waals surface area contributed by atoms with Gasteiger partial charge in [0.15, 0.2) is 0 Å². The van der Waals surface area contributed by atoms with Crippen molar-refractivity contribution < 1.29 is 4.79 Å². The Balaban J connectivity index is 1.93. The Morgan fingerprint density at radius 3 is 2.35 bits per heavy atom. The highest BCUT2D eigenvalue weighted by atomic mass is 35.5. The Hall–Kier alpha value is -2.17. The smallest absolute Gasteiger partial charge is 0.255 e. The molecule has 1 aromatic heterocycles. The van der Waals surface area contributed by atoms with Crippen LogP contribution in [0, 0.1) is 13.8 Å². The Morgan fingerprint density at radius 1 is 0.957 bits per heavy atom. The minimum atomic E-state index is -0.267. The average molecular weight is 346 g/mol. The molecule has 3 aromatic rings. The Bertz CT molecular complexity index is 925. The van der Waals surface area contributed by atoms with E-state index in [4.69, 9.17) is 23.2 Å². The van der Waals surface area contributed by atoms with Gasteiger partial charge < -0.3 is 5.32 Å². The highest BCUT2D eigenvalue weighted by Gasteiger charge is 2.11. The number of rotatable bonds is 2. The maximum absolute atomic E-state index is 12.4. The summed E-state index contributed by atoms with van der Waals surface area (Å²) in [6.07, 6.45) is 0. The first-order chi connectivity index (χ1) is 10.9. The van der Waals surface area contributed by atoms with Crippen molar-refractivity contribution >= 4 is 45.8 Å². The van der Waals surface area contributed by atoms with Gasteiger partial charge in [0, 0.05) is 10.6 Å². The molecule has 0 radical (unpaired) electrons. The molecule has 23 heavy (non-hydrogen) atoms. The number of carbonyl (C=O) groups excluding carboxylic acids is 1. The molecule has 0 aliphatic heterocycles. The molecule has 0 aliphatic carbocycles. The molecule has 2 aromatic carbocycles. The topological polar surface area (TPSA) is 54.9 Å². The summed E-state index contributed by atoms with van der Waals surface area (Å²) in [5, 5.41) is 3.67. The summed E-state index contributed by atoms with van der Waals surface area (Å²) in [4.78, 5) is 21.3. The number of halogens is 2. The number of anilines is 1. The largest absolute Gasteiger partial charge is 0.321 e. The van der Waals surface area contributed by atoms with Gasteiger partial charge in [0.25, 0.3) is 5.91 Å². The van der Waals surface area contributed by atoms with Crippen LogP contribution in [0.3, 0.4) is 0 Å². The van der Waals surface area contributed by atoms with Gasteiger partial charge in [0.2, 0.25) is 0 Å². The van der Waals surface area contributed by atoms with Gasteiger partial charge in [-0.25, -0.2) is 9.97 Å². The van der Waals surface area contributed by atoms with E-state index in [1.165, 1.54) is 0 Å². The van der Waals surface area contributed by atoms with E-state index in [-0.39, 0.29) is 5.91 Å². The van der Waals surface area contributed by atoms with Crippen molar-refractivity contribution in [2.45, 2.75) is 13.8 Å². The molecule has 1 heterocycles. The van der Waals surface area contributed by atoms with Gasteiger partial charge in [-0.1, -0.05) is 23.2 Å². The number of fused-ring (bicyclic) bond motifs is 1. The van der Waals surface area contributed by atoms with Crippen molar-refractivity contribution in [3.05, 3.63) is 63.4 Å². The molecular weight excluding hydrogens is 333 g/mol. The van der Waals surface area contributed by atoms with Crippen LogP contribution in [0.4, 0.5) is 5.69 Å². The molecule has 0 fully saturated rings. The first-order valence-electron chi connectivity index (χ1n) is 6.95. The lowest BCUT2D eigenvalue weighted by Gasteiger charge is -2.08. The van der Waals surface area contributed by atoms with Crippen LogP contribution in [-0.4, -0.2) is 15.9 Å². The number of amides is 1. The van der Waals surface area contributed by atoms with Crippen molar-refractivity contribution in [2.24, 2.45) is 0 Å². The maximum Gasteiger partial charge on any atom is 0.255 e. The van der Waals surface area contributed by atoms with E-state index < -0.39 is 0 Å². The van der Waals surface area contributed by atoms with Crippen LogP contribution in [0.5, 0.6) is 0 Å². The van der Waals surface area contributed by atoms with Crippen molar-refractivity contribution in [3.8, 4) is 0 Å². The zero-order chi connectivity index (χ0) is 16.6. The second-order valence-corrected chi connectivity index (χ2v) is 6.02. The number of aryl methyl sites for hydroxylation is 2. The van der Waals surface area contributed by atoms with Gasteiger partial charge in [-0.05, 0) is 50.2 Å². The molecule has 4 nitrogen and oxygen atoms in total. The molecule has 116 valence electrons. The zero-order valence-electron chi connectivity index (χ0n) is 12.5. The standard InChI is InChI=1S/C17H13Cl2N3O/c1-9-10(2)21-16-7-11(3-5-15(16)20-9)17(23)22-14-6-4-12(18)8-13(14)19/h3-8H,1-2H3,(H,22,23). The molecule has 0 bridgehead atoms. The maximum atomic E-state index is 12.4. The second-order valence-electron chi connectivity index (χ2n) is 5.18. The molecule has 1 N–H and O–H groups in total. The third-order valence-electron chi connectivity index (χ3n) is 3.52. The minimum Gasteiger partial charge on any atom is -0.321 e. The summed E-state index contributed by atoms with van der Waals surface area (Å²) >= 11 is 11.9. The van der Waals surface area contributed by atoms with Gasteiger partial charge in [-0.15, -0.1) is 0 Å². The second kappa shape index (κ2) is 6.14. The first-order valence-corrected chi connectivity index (χ1v) is 7.71. The van der Waals surface area contributed by atoms with Crippen molar-refractivity contribution in [1.29, 1.82) is 0 Å². The quantitative estimate of drug-likeness (QED) is 0.725. The molecule has 0 atom stereocenters. The van der Waals surface area contributed by atoms with Gasteiger partial charge in [-0.2, -0.15) is 0 Å². The van der Waals surface area contributed by atoms with Crippen LogP contribution in [-0.2, 0) is 0 Å². The molecule has 0 saturated carbocycles. The minimum absolute atomic E-state index is 0.267. The Kier molecular flexibility index (Phi) is 4.20. The lowest BCUT2D eigenvalue weighted by atomic mass is 10.1. The van der Waals surface area contributed by atoms with Crippen LogP contribution in [0.25, 0.3) is 11.0 Å². The number of benzene rings is 2. The van der Waals surface area contributed by atoms with Crippen molar-refractivity contribution in [2.75, 3.05) is 5.32 Å². The van der Waals surface area contributed by atoms with Gasteiger partial charge in [0.1, 0.15) is 0 Å². The van der Waals surface area contributed by atoms with Crippen LogP contribution < -0.4 is 5.32 Å². The average Bonchev–Trinajstić information content (AvgIpc) is 2.50. The summed E-state index contributed by atoms with van der Waals surface area (Å²) in [5.41, 5.74) is 4.16. The van der Waals surface area contributed by atoms with Crippen molar-refractivity contribution in [3.63, 3.8) is 0 Å². The van der Waals surface area contributed by atoms with E-state index in [9.17, 15) is 4.79 Å².